The molecule has 0 unspecified atom stereocenters. The predicted molar refractivity (Wildman–Crippen MR) is 110 cm³/mol. The van der Waals surface area contributed by atoms with E-state index in [0.29, 0.717) is 29.0 Å². The average Bonchev–Trinajstić information content (AvgIpc) is 3.12. The first kappa shape index (κ1) is 19.8. The summed E-state index contributed by atoms with van der Waals surface area (Å²) < 4.78 is 5.31. The Hall–Kier alpha value is -2.97. The number of hydrogen-bond donors (Lipinski definition) is 2. The van der Waals surface area contributed by atoms with Crippen molar-refractivity contribution in [2.24, 2.45) is 0 Å². The van der Waals surface area contributed by atoms with Crippen molar-refractivity contribution in [2.75, 3.05) is 17.2 Å². The number of thiazole rings is 1. The minimum Gasteiger partial charge on any atom is -0.478 e. The number of anilines is 2. The summed E-state index contributed by atoms with van der Waals surface area (Å²) in [6, 6.07) is 10.4. The van der Waals surface area contributed by atoms with E-state index in [2.05, 4.69) is 20.6 Å². The lowest BCUT2D eigenvalue weighted by Crippen LogP contribution is -2.14. The van der Waals surface area contributed by atoms with Crippen LogP contribution in [-0.2, 0) is 4.79 Å². The number of benzene rings is 1. The van der Waals surface area contributed by atoms with Gasteiger partial charge in [-0.1, -0.05) is 23.7 Å². The fourth-order valence-corrected chi connectivity index (χ4v) is 3.27. The van der Waals surface area contributed by atoms with E-state index in [-0.39, 0.29) is 16.6 Å². The number of carbonyl (C=O) groups excluding carboxylic acids is 2. The molecule has 3 rings (SSSR count). The fourth-order valence-electron chi connectivity index (χ4n) is 2.36. The number of nitrogens with one attached hydrogen (secondary N) is 2. The molecule has 2 aromatic heterocycles. The van der Waals surface area contributed by atoms with Crippen LogP contribution in [0.25, 0.3) is 11.3 Å². The highest BCUT2D eigenvalue weighted by Crippen LogP contribution is 2.27. The Morgan fingerprint density at radius 2 is 1.86 bits per heavy atom. The van der Waals surface area contributed by atoms with Gasteiger partial charge in [0.15, 0.2) is 10.8 Å². The highest BCUT2D eigenvalue weighted by Gasteiger charge is 2.16. The number of amides is 2. The molecule has 0 aliphatic heterocycles. The van der Waals surface area contributed by atoms with Gasteiger partial charge in [0.1, 0.15) is 0 Å². The third-order valence-electron chi connectivity index (χ3n) is 3.55. The van der Waals surface area contributed by atoms with Gasteiger partial charge in [0.05, 0.1) is 17.3 Å². The molecule has 0 bridgehead atoms. The van der Waals surface area contributed by atoms with E-state index in [4.69, 9.17) is 16.3 Å². The quantitative estimate of drug-likeness (QED) is 0.618. The van der Waals surface area contributed by atoms with Gasteiger partial charge >= 0.3 is 0 Å². The van der Waals surface area contributed by atoms with Crippen LogP contribution in [0.3, 0.4) is 0 Å². The molecule has 0 fully saturated rings. The molecule has 28 heavy (non-hydrogen) atoms. The van der Waals surface area contributed by atoms with Crippen molar-refractivity contribution in [3.63, 3.8) is 0 Å². The largest absolute Gasteiger partial charge is 0.478 e. The number of ether oxygens (including phenoxy) is 1. The summed E-state index contributed by atoms with van der Waals surface area (Å²) in [5, 5.41) is 7.89. The van der Waals surface area contributed by atoms with Gasteiger partial charge in [-0.2, -0.15) is 0 Å². The Labute approximate surface area is 170 Å². The average molecular weight is 417 g/mol. The number of rotatable bonds is 6. The number of carbonyl (C=O) groups is 2. The first-order chi connectivity index (χ1) is 13.5. The molecule has 0 radical (unpaired) electrons. The van der Waals surface area contributed by atoms with Crippen LogP contribution in [0.15, 0.2) is 41.8 Å². The van der Waals surface area contributed by atoms with Gasteiger partial charge in [-0.3, -0.25) is 14.9 Å². The zero-order valence-electron chi connectivity index (χ0n) is 15.2. The Morgan fingerprint density at radius 3 is 2.54 bits per heavy atom. The molecule has 144 valence electrons. The summed E-state index contributed by atoms with van der Waals surface area (Å²) in [6.45, 7) is 3.72. The normalized spacial score (nSPS) is 10.4. The van der Waals surface area contributed by atoms with Gasteiger partial charge < -0.3 is 10.1 Å². The lowest BCUT2D eigenvalue weighted by Gasteiger charge is -2.06. The number of pyridine rings is 1. The van der Waals surface area contributed by atoms with Crippen LogP contribution < -0.4 is 15.4 Å². The lowest BCUT2D eigenvalue weighted by atomic mass is 10.1. The first-order valence-corrected chi connectivity index (χ1v) is 9.66. The van der Waals surface area contributed by atoms with Crippen LogP contribution in [0, 0.1) is 0 Å². The Kier molecular flexibility index (Phi) is 6.23. The smallest absolute Gasteiger partial charge is 0.277 e. The molecule has 7 nitrogen and oxygen atoms in total. The number of nitrogens with zero attached hydrogens (tertiary/aromatic N) is 2. The van der Waals surface area contributed by atoms with E-state index in [1.165, 1.54) is 18.3 Å². The number of halogens is 1. The maximum atomic E-state index is 12.5. The SMILES string of the molecule is CCOc1ccc(Cl)c(C(=O)Nc2nc(-c3ccc(NC(C)=O)cc3)cs2)n1. The molecule has 0 aliphatic rings. The van der Waals surface area contributed by atoms with E-state index in [1.807, 2.05) is 24.4 Å². The molecule has 2 amide bonds. The summed E-state index contributed by atoms with van der Waals surface area (Å²) in [6.07, 6.45) is 0. The monoisotopic (exact) mass is 416 g/mol. The molecule has 0 saturated heterocycles. The van der Waals surface area contributed by atoms with Gasteiger partial charge in [-0.15, -0.1) is 11.3 Å². The third kappa shape index (κ3) is 4.85. The van der Waals surface area contributed by atoms with E-state index in [9.17, 15) is 9.59 Å². The van der Waals surface area contributed by atoms with Gasteiger partial charge in [0.25, 0.3) is 5.91 Å². The van der Waals surface area contributed by atoms with Crippen molar-refractivity contribution < 1.29 is 14.3 Å². The molecule has 0 atom stereocenters. The summed E-state index contributed by atoms with van der Waals surface area (Å²) >= 11 is 7.37. The fraction of sp³-hybridized carbons (Fsp3) is 0.158. The van der Waals surface area contributed by atoms with E-state index < -0.39 is 5.91 Å². The minimum atomic E-state index is -0.464. The van der Waals surface area contributed by atoms with Crippen molar-refractivity contribution in [3.05, 3.63) is 52.5 Å². The molecular formula is C19H17ClN4O3S. The van der Waals surface area contributed by atoms with Gasteiger partial charge in [0, 0.05) is 29.6 Å². The zero-order valence-corrected chi connectivity index (χ0v) is 16.7. The molecule has 2 N–H and O–H groups in total. The van der Waals surface area contributed by atoms with Gasteiger partial charge in [-0.05, 0) is 25.1 Å². The molecule has 3 aromatic rings. The first-order valence-electron chi connectivity index (χ1n) is 8.40. The van der Waals surface area contributed by atoms with E-state index in [0.717, 1.165) is 5.56 Å². The van der Waals surface area contributed by atoms with Crippen molar-refractivity contribution >= 4 is 45.6 Å². The summed E-state index contributed by atoms with van der Waals surface area (Å²) in [7, 11) is 0. The van der Waals surface area contributed by atoms with Crippen molar-refractivity contribution in [1.29, 1.82) is 0 Å². The highest BCUT2D eigenvalue weighted by atomic mass is 35.5. The Morgan fingerprint density at radius 1 is 1.11 bits per heavy atom. The Bertz CT molecular complexity index is 1000. The van der Waals surface area contributed by atoms with Crippen LogP contribution in [0.5, 0.6) is 5.88 Å². The van der Waals surface area contributed by atoms with Gasteiger partial charge in [-0.25, -0.2) is 9.97 Å². The summed E-state index contributed by atoms with van der Waals surface area (Å²) in [5.74, 6) is -0.267. The van der Waals surface area contributed by atoms with Gasteiger partial charge in [0.2, 0.25) is 11.8 Å². The van der Waals surface area contributed by atoms with Crippen molar-refractivity contribution in [3.8, 4) is 17.1 Å². The van der Waals surface area contributed by atoms with Crippen LogP contribution >= 0.6 is 22.9 Å². The van der Waals surface area contributed by atoms with E-state index in [1.54, 1.807) is 24.3 Å². The van der Waals surface area contributed by atoms with Crippen LogP contribution in [-0.4, -0.2) is 28.4 Å². The molecule has 0 spiro atoms. The maximum absolute atomic E-state index is 12.5. The minimum absolute atomic E-state index is 0.0732. The predicted octanol–water partition coefficient (Wildman–Crippen LogP) is 4.47. The topological polar surface area (TPSA) is 93.2 Å². The Balaban J connectivity index is 1.73. The second kappa shape index (κ2) is 8.81. The highest BCUT2D eigenvalue weighted by molar-refractivity contribution is 7.14. The molecular weight excluding hydrogens is 400 g/mol. The number of hydrogen-bond acceptors (Lipinski definition) is 6. The molecule has 0 saturated carbocycles. The summed E-state index contributed by atoms with van der Waals surface area (Å²) in [4.78, 5) is 32.1. The van der Waals surface area contributed by atoms with Crippen LogP contribution in [0.1, 0.15) is 24.3 Å². The second-order valence-electron chi connectivity index (χ2n) is 5.66. The van der Waals surface area contributed by atoms with Crippen molar-refractivity contribution in [2.45, 2.75) is 13.8 Å². The van der Waals surface area contributed by atoms with Crippen LogP contribution in [0.4, 0.5) is 10.8 Å². The van der Waals surface area contributed by atoms with E-state index >= 15 is 0 Å². The molecule has 2 heterocycles. The zero-order chi connectivity index (χ0) is 20.1. The molecule has 1 aromatic carbocycles. The number of aromatic nitrogens is 2. The molecule has 9 heteroatoms. The maximum Gasteiger partial charge on any atom is 0.277 e. The summed E-state index contributed by atoms with van der Waals surface area (Å²) in [5.41, 5.74) is 2.34. The lowest BCUT2D eigenvalue weighted by molar-refractivity contribution is -0.114. The van der Waals surface area contributed by atoms with Crippen molar-refractivity contribution in [1.82, 2.24) is 9.97 Å². The third-order valence-corrected chi connectivity index (χ3v) is 4.62. The molecule has 0 aliphatic carbocycles. The standard InChI is InChI=1S/C19H17ClN4O3S/c1-3-27-16-9-8-14(20)17(23-16)18(26)24-19-22-15(10-28-19)12-4-6-13(7-5-12)21-11(2)25/h4-10H,3H2,1-2H3,(H,21,25)(H,22,24,26). The van der Waals surface area contributed by atoms with Crippen LogP contribution in [0.2, 0.25) is 5.02 Å². The second-order valence-corrected chi connectivity index (χ2v) is 6.93.